The number of rotatable bonds is 4. The lowest BCUT2D eigenvalue weighted by atomic mass is 10.3. The molecular formula is C13H11Cl3N2S. The van der Waals surface area contributed by atoms with Crippen molar-refractivity contribution in [2.75, 3.05) is 4.90 Å². The molecular weight excluding hydrogens is 323 g/mol. The van der Waals surface area contributed by atoms with Crippen molar-refractivity contribution in [3.63, 3.8) is 0 Å². The molecule has 0 saturated heterocycles. The average Bonchev–Trinajstić information content (AvgIpc) is 3.09. The Morgan fingerprint density at radius 1 is 1.26 bits per heavy atom. The van der Waals surface area contributed by atoms with E-state index in [0.29, 0.717) is 21.2 Å². The highest BCUT2D eigenvalue weighted by Gasteiger charge is 2.31. The van der Waals surface area contributed by atoms with E-state index in [1.54, 1.807) is 17.4 Å². The molecule has 2 heterocycles. The number of hydrogen-bond donors (Lipinski definition) is 0. The van der Waals surface area contributed by atoms with Gasteiger partial charge in [-0.1, -0.05) is 34.8 Å². The predicted octanol–water partition coefficient (Wildman–Crippen LogP) is 5.27. The summed E-state index contributed by atoms with van der Waals surface area (Å²) in [5.74, 6) is 0.727. The Hall–Kier alpha value is -0.480. The van der Waals surface area contributed by atoms with Crippen molar-refractivity contribution in [2.24, 2.45) is 0 Å². The van der Waals surface area contributed by atoms with Gasteiger partial charge in [-0.25, -0.2) is 4.98 Å². The second-order valence-electron chi connectivity index (χ2n) is 4.56. The first kappa shape index (κ1) is 13.5. The molecule has 0 aliphatic heterocycles. The zero-order valence-electron chi connectivity index (χ0n) is 9.94. The van der Waals surface area contributed by atoms with Crippen LogP contribution in [-0.4, -0.2) is 11.0 Å². The van der Waals surface area contributed by atoms with E-state index in [1.165, 1.54) is 18.4 Å². The Morgan fingerprint density at radius 3 is 2.68 bits per heavy atom. The zero-order chi connectivity index (χ0) is 13.4. The minimum atomic E-state index is 0.303. The maximum atomic E-state index is 6.26. The molecule has 0 spiro atoms. The Kier molecular flexibility index (Phi) is 3.90. The third kappa shape index (κ3) is 3.00. The highest BCUT2D eigenvalue weighted by Crippen LogP contribution is 2.38. The third-order valence-corrected chi connectivity index (χ3v) is 4.74. The van der Waals surface area contributed by atoms with Gasteiger partial charge in [0.1, 0.15) is 11.0 Å². The largest absolute Gasteiger partial charge is 0.348 e. The van der Waals surface area contributed by atoms with E-state index in [2.05, 4.69) is 26.7 Å². The Labute approximate surface area is 130 Å². The molecule has 1 aliphatic carbocycles. The highest BCUT2D eigenvalue weighted by molar-refractivity contribution is 7.07. The minimum absolute atomic E-state index is 0.303. The molecule has 0 atom stereocenters. The first-order valence-electron chi connectivity index (χ1n) is 5.94. The molecule has 3 rings (SSSR count). The molecule has 1 aliphatic rings. The number of aromatic nitrogens is 1. The average molecular weight is 334 g/mol. The molecule has 2 nitrogen and oxygen atoms in total. The van der Waals surface area contributed by atoms with Crippen molar-refractivity contribution in [1.29, 1.82) is 0 Å². The second-order valence-corrected chi connectivity index (χ2v) is 6.51. The van der Waals surface area contributed by atoms with Crippen LogP contribution in [0.5, 0.6) is 0 Å². The van der Waals surface area contributed by atoms with Gasteiger partial charge in [-0.15, -0.1) is 0 Å². The van der Waals surface area contributed by atoms with E-state index < -0.39 is 0 Å². The smallest absolute Gasteiger partial charge is 0.150 e. The van der Waals surface area contributed by atoms with Gasteiger partial charge in [0.25, 0.3) is 0 Å². The van der Waals surface area contributed by atoms with E-state index >= 15 is 0 Å². The molecule has 2 aromatic heterocycles. The summed E-state index contributed by atoms with van der Waals surface area (Å²) in [5.41, 5.74) is 1.26. The summed E-state index contributed by atoms with van der Waals surface area (Å²) in [5, 5.41) is 5.46. The van der Waals surface area contributed by atoms with Gasteiger partial charge in [0, 0.05) is 12.6 Å². The van der Waals surface area contributed by atoms with Gasteiger partial charge in [0.2, 0.25) is 0 Å². The van der Waals surface area contributed by atoms with Crippen LogP contribution < -0.4 is 4.90 Å². The molecule has 0 radical (unpaired) electrons. The molecule has 0 N–H and O–H groups in total. The third-order valence-electron chi connectivity index (χ3n) is 3.06. The summed E-state index contributed by atoms with van der Waals surface area (Å²) >= 11 is 19.9. The van der Waals surface area contributed by atoms with Gasteiger partial charge < -0.3 is 4.90 Å². The first-order valence-corrected chi connectivity index (χ1v) is 8.02. The summed E-state index contributed by atoms with van der Waals surface area (Å²) in [6, 6.07) is 4.28. The summed E-state index contributed by atoms with van der Waals surface area (Å²) in [6.07, 6.45) is 2.34. The fraction of sp³-hybridized carbons (Fsp3) is 0.308. The van der Waals surface area contributed by atoms with Gasteiger partial charge in [-0.05, 0) is 41.3 Å². The quantitative estimate of drug-likeness (QED) is 0.708. The lowest BCUT2D eigenvalue weighted by Gasteiger charge is -2.24. The predicted molar refractivity (Wildman–Crippen MR) is 82.8 cm³/mol. The molecule has 0 aromatic carbocycles. The van der Waals surface area contributed by atoms with Gasteiger partial charge in [0.15, 0.2) is 0 Å². The molecule has 6 heteroatoms. The van der Waals surface area contributed by atoms with E-state index in [9.17, 15) is 0 Å². The highest BCUT2D eigenvalue weighted by atomic mass is 35.5. The fourth-order valence-corrected chi connectivity index (χ4v) is 3.24. The molecule has 100 valence electrons. The van der Waals surface area contributed by atoms with E-state index in [0.717, 1.165) is 12.4 Å². The van der Waals surface area contributed by atoms with Crippen molar-refractivity contribution < 1.29 is 0 Å². The van der Waals surface area contributed by atoms with Crippen molar-refractivity contribution in [3.8, 4) is 0 Å². The van der Waals surface area contributed by atoms with Crippen LogP contribution in [0.4, 0.5) is 5.82 Å². The maximum Gasteiger partial charge on any atom is 0.150 e. The van der Waals surface area contributed by atoms with Gasteiger partial charge in [-0.3, -0.25) is 0 Å². The molecule has 1 saturated carbocycles. The Morgan fingerprint density at radius 2 is 2.05 bits per heavy atom. The van der Waals surface area contributed by atoms with Crippen molar-refractivity contribution >= 4 is 52.0 Å². The standard InChI is InChI=1S/C13H11Cl3N2S/c14-10-5-11(15)13(17-12(10)16)18(9-1-2-9)6-8-3-4-19-7-8/h3-5,7,9H,1-2,6H2. The normalized spacial score (nSPS) is 14.7. The van der Waals surface area contributed by atoms with Crippen LogP contribution in [0.25, 0.3) is 0 Å². The Bertz CT molecular complexity index is 582. The minimum Gasteiger partial charge on any atom is -0.348 e. The van der Waals surface area contributed by atoms with E-state index in [1.807, 2.05) is 0 Å². The Balaban J connectivity index is 1.94. The second kappa shape index (κ2) is 5.49. The van der Waals surface area contributed by atoms with Crippen LogP contribution in [0, 0.1) is 0 Å². The van der Waals surface area contributed by atoms with Crippen LogP contribution in [0.2, 0.25) is 15.2 Å². The number of pyridine rings is 1. The number of halogens is 3. The van der Waals surface area contributed by atoms with Crippen molar-refractivity contribution in [1.82, 2.24) is 4.98 Å². The zero-order valence-corrected chi connectivity index (χ0v) is 13.0. The maximum absolute atomic E-state index is 6.26. The van der Waals surface area contributed by atoms with Crippen LogP contribution >= 0.6 is 46.1 Å². The number of thiophene rings is 1. The van der Waals surface area contributed by atoms with Crippen LogP contribution in [-0.2, 0) is 6.54 Å². The van der Waals surface area contributed by atoms with Crippen molar-refractivity contribution in [2.45, 2.75) is 25.4 Å². The van der Waals surface area contributed by atoms with Gasteiger partial charge >= 0.3 is 0 Å². The van der Waals surface area contributed by atoms with Crippen LogP contribution in [0.1, 0.15) is 18.4 Å². The summed E-state index contributed by atoms with van der Waals surface area (Å²) in [6.45, 7) is 0.804. The molecule has 1 fully saturated rings. The summed E-state index contributed by atoms with van der Waals surface area (Å²) in [4.78, 5) is 6.56. The SMILES string of the molecule is Clc1cc(Cl)c(N(Cc2ccsc2)C2CC2)nc1Cl. The lowest BCUT2D eigenvalue weighted by molar-refractivity contribution is 0.780. The number of nitrogens with zero attached hydrogens (tertiary/aromatic N) is 2. The van der Waals surface area contributed by atoms with E-state index in [-0.39, 0.29) is 0 Å². The molecule has 0 amide bonds. The number of hydrogen-bond acceptors (Lipinski definition) is 3. The number of anilines is 1. The van der Waals surface area contributed by atoms with Gasteiger partial charge in [0.05, 0.1) is 10.0 Å². The lowest BCUT2D eigenvalue weighted by Crippen LogP contribution is -2.26. The van der Waals surface area contributed by atoms with E-state index in [4.69, 9.17) is 34.8 Å². The molecule has 0 bridgehead atoms. The van der Waals surface area contributed by atoms with Crippen molar-refractivity contribution in [3.05, 3.63) is 43.7 Å². The van der Waals surface area contributed by atoms with Crippen LogP contribution in [0.3, 0.4) is 0 Å². The molecule has 0 unspecified atom stereocenters. The summed E-state index contributed by atoms with van der Waals surface area (Å²) < 4.78 is 0. The first-order chi connectivity index (χ1) is 9.15. The molecule has 19 heavy (non-hydrogen) atoms. The molecule has 2 aromatic rings. The van der Waals surface area contributed by atoms with Crippen LogP contribution in [0.15, 0.2) is 22.9 Å². The monoisotopic (exact) mass is 332 g/mol. The summed E-state index contributed by atoms with van der Waals surface area (Å²) in [7, 11) is 0. The van der Waals surface area contributed by atoms with Gasteiger partial charge in [-0.2, -0.15) is 11.3 Å². The fourth-order valence-electron chi connectivity index (χ4n) is 1.98. The topological polar surface area (TPSA) is 16.1 Å².